The molecule has 1 aliphatic carbocycles. The van der Waals surface area contributed by atoms with Gasteiger partial charge in [0.2, 0.25) is 0 Å². The van der Waals surface area contributed by atoms with Crippen molar-refractivity contribution in [3.05, 3.63) is 23.8 Å². The van der Waals surface area contributed by atoms with Crippen LogP contribution in [0.15, 0.2) is 18.2 Å². The van der Waals surface area contributed by atoms with Crippen molar-refractivity contribution in [1.29, 1.82) is 0 Å². The summed E-state index contributed by atoms with van der Waals surface area (Å²) in [5.41, 5.74) is 7.89. The zero-order chi connectivity index (χ0) is 15.2. The molecule has 2 rings (SSSR count). The first kappa shape index (κ1) is 15.7. The topological polar surface area (TPSA) is 55.6 Å². The van der Waals surface area contributed by atoms with E-state index in [1.54, 1.807) is 13.0 Å². The van der Waals surface area contributed by atoms with Crippen molar-refractivity contribution in [3.63, 3.8) is 0 Å². The van der Waals surface area contributed by atoms with Gasteiger partial charge in [0.15, 0.2) is 0 Å². The van der Waals surface area contributed by atoms with Crippen LogP contribution >= 0.6 is 0 Å². The second-order valence-electron chi connectivity index (χ2n) is 5.75. The summed E-state index contributed by atoms with van der Waals surface area (Å²) in [6.07, 6.45) is 7.68. The fourth-order valence-corrected chi connectivity index (χ4v) is 3.01. The van der Waals surface area contributed by atoms with Crippen LogP contribution in [0.5, 0.6) is 0 Å². The van der Waals surface area contributed by atoms with E-state index in [-0.39, 0.29) is 5.97 Å². The summed E-state index contributed by atoms with van der Waals surface area (Å²) in [7, 11) is 2.11. The van der Waals surface area contributed by atoms with Crippen molar-refractivity contribution in [1.82, 2.24) is 0 Å². The lowest BCUT2D eigenvalue weighted by atomic mass is 10.1. The summed E-state index contributed by atoms with van der Waals surface area (Å²) >= 11 is 0. The molecule has 2 N–H and O–H groups in total. The summed E-state index contributed by atoms with van der Waals surface area (Å²) in [5, 5.41) is 0. The summed E-state index contributed by atoms with van der Waals surface area (Å²) in [6.45, 7) is 2.16. The zero-order valence-corrected chi connectivity index (χ0v) is 13.1. The number of nitrogens with two attached hydrogens (primary N) is 1. The van der Waals surface area contributed by atoms with Gasteiger partial charge < -0.3 is 15.4 Å². The summed E-state index contributed by atoms with van der Waals surface area (Å²) in [4.78, 5) is 14.2. The van der Waals surface area contributed by atoms with Gasteiger partial charge in [-0.25, -0.2) is 4.79 Å². The number of nitrogens with zero attached hydrogens (tertiary/aromatic N) is 1. The average Bonchev–Trinajstić information content (AvgIpc) is 2.76. The van der Waals surface area contributed by atoms with Crippen molar-refractivity contribution in [3.8, 4) is 0 Å². The first-order valence-electron chi connectivity index (χ1n) is 7.93. The fraction of sp³-hybridized carbons (Fsp3) is 0.588. The molecule has 0 amide bonds. The Hall–Kier alpha value is -1.71. The Labute approximate surface area is 127 Å². The molecule has 1 saturated carbocycles. The molecule has 0 aliphatic heterocycles. The van der Waals surface area contributed by atoms with E-state index in [2.05, 4.69) is 11.9 Å². The highest BCUT2D eigenvalue weighted by molar-refractivity contribution is 5.96. The number of rotatable bonds is 4. The number of hydrogen-bond donors (Lipinski definition) is 1. The Balaban J connectivity index is 2.18. The molecule has 1 fully saturated rings. The van der Waals surface area contributed by atoms with Gasteiger partial charge in [0, 0.05) is 24.5 Å². The number of ether oxygens (including phenoxy) is 1. The highest BCUT2D eigenvalue weighted by Crippen LogP contribution is 2.28. The first-order valence-corrected chi connectivity index (χ1v) is 7.93. The number of benzene rings is 1. The fourth-order valence-electron chi connectivity index (χ4n) is 3.01. The lowest BCUT2D eigenvalue weighted by Crippen LogP contribution is -2.31. The molecule has 1 aliphatic rings. The van der Waals surface area contributed by atoms with Crippen LogP contribution < -0.4 is 10.6 Å². The molecule has 116 valence electrons. The predicted molar refractivity (Wildman–Crippen MR) is 86.7 cm³/mol. The van der Waals surface area contributed by atoms with Crippen molar-refractivity contribution >= 4 is 17.3 Å². The molecular formula is C17H26N2O2. The highest BCUT2D eigenvalue weighted by atomic mass is 16.5. The van der Waals surface area contributed by atoms with E-state index < -0.39 is 0 Å². The number of nitrogen functional groups attached to an aromatic ring is 1. The molecule has 0 saturated heterocycles. The largest absolute Gasteiger partial charge is 0.462 e. The van der Waals surface area contributed by atoms with E-state index >= 15 is 0 Å². The van der Waals surface area contributed by atoms with Gasteiger partial charge in [-0.3, -0.25) is 0 Å². The maximum absolute atomic E-state index is 12.0. The van der Waals surface area contributed by atoms with Gasteiger partial charge in [0.05, 0.1) is 12.2 Å². The lowest BCUT2D eigenvalue weighted by Gasteiger charge is -2.29. The maximum Gasteiger partial charge on any atom is 0.340 e. The van der Waals surface area contributed by atoms with Crippen molar-refractivity contribution in [2.24, 2.45) is 0 Å². The average molecular weight is 290 g/mol. The SMILES string of the molecule is CCOC(=O)c1cc(N(C)C2CCCCCC2)ccc1N. The van der Waals surface area contributed by atoms with E-state index in [0.717, 1.165) is 5.69 Å². The number of anilines is 2. The van der Waals surface area contributed by atoms with Crippen LogP contribution in [0, 0.1) is 0 Å². The monoisotopic (exact) mass is 290 g/mol. The Morgan fingerprint density at radius 3 is 2.57 bits per heavy atom. The van der Waals surface area contributed by atoms with Crippen LogP contribution in [0.1, 0.15) is 55.8 Å². The minimum absolute atomic E-state index is 0.342. The number of hydrogen-bond acceptors (Lipinski definition) is 4. The van der Waals surface area contributed by atoms with Crippen LogP contribution in [0.2, 0.25) is 0 Å². The second kappa shape index (κ2) is 7.34. The smallest absolute Gasteiger partial charge is 0.340 e. The third-order valence-corrected chi connectivity index (χ3v) is 4.31. The lowest BCUT2D eigenvalue weighted by molar-refractivity contribution is 0.0527. The minimum Gasteiger partial charge on any atom is -0.462 e. The first-order chi connectivity index (χ1) is 10.1. The van der Waals surface area contributed by atoms with Crippen LogP contribution in [0.3, 0.4) is 0 Å². The van der Waals surface area contributed by atoms with E-state index in [0.29, 0.717) is 23.9 Å². The molecule has 0 radical (unpaired) electrons. The third-order valence-electron chi connectivity index (χ3n) is 4.31. The molecule has 0 aromatic heterocycles. The highest BCUT2D eigenvalue weighted by Gasteiger charge is 2.19. The molecule has 0 unspecified atom stereocenters. The van der Waals surface area contributed by atoms with Crippen LogP contribution in [-0.4, -0.2) is 25.7 Å². The summed E-state index contributed by atoms with van der Waals surface area (Å²) in [5.74, 6) is -0.342. The van der Waals surface area contributed by atoms with Gasteiger partial charge >= 0.3 is 5.97 Å². The van der Waals surface area contributed by atoms with Crippen LogP contribution in [0.25, 0.3) is 0 Å². The molecule has 0 atom stereocenters. The Bertz CT molecular complexity index is 480. The van der Waals surface area contributed by atoms with Gasteiger partial charge in [0.1, 0.15) is 0 Å². The molecule has 21 heavy (non-hydrogen) atoms. The number of esters is 1. The molecule has 0 spiro atoms. The van der Waals surface area contributed by atoms with E-state index in [9.17, 15) is 4.79 Å². The van der Waals surface area contributed by atoms with E-state index in [4.69, 9.17) is 10.5 Å². The molecule has 0 heterocycles. The maximum atomic E-state index is 12.0. The van der Waals surface area contributed by atoms with Crippen LogP contribution in [0.4, 0.5) is 11.4 Å². The standard InChI is InChI=1S/C17H26N2O2/c1-3-21-17(20)15-12-14(10-11-16(15)18)19(2)13-8-6-4-5-7-9-13/h10-13H,3-9,18H2,1-2H3. The molecule has 1 aromatic rings. The van der Waals surface area contributed by atoms with Gasteiger partial charge in [-0.2, -0.15) is 0 Å². The normalized spacial score (nSPS) is 16.3. The Morgan fingerprint density at radius 1 is 1.29 bits per heavy atom. The van der Waals surface area contributed by atoms with E-state index in [1.807, 2.05) is 12.1 Å². The molecule has 4 heteroatoms. The van der Waals surface area contributed by atoms with Crippen molar-refractivity contribution in [2.75, 3.05) is 24.3 Å². The molecule has 4 nitrogen and oxygen atoms in total. The quantitative estimate of drug-likeness (QED) is 0.523. The molecule has 1 aromatic carbocycles. The molecule has 0 bridgehead atoms. The van der Waals surface area contributed by atoms with Gasteiger partial charge in [-0.05, 0) is 38.0 Å². The Morgan fingerprint density at radius 2 is 1.95 bits per heavy atom. The van der Waals surface area contributed by atoms with Crippen molar-refractivity contribution in [2.45, 2.75) is 51.5 Å². The summed E-state index contributed by atoms with van der Waals surface area (Å²) in [6, 6.07) is 6.20. The van der Waals surface area contributed by atoms with Gasteiger partial charge in [-0.15, -0.1) is 0 Å². The second-order valence-corrected chi connectivity index (χ2v) is 5.75. The predicted octanol–water partition coefficient (Wildman–Crippen LogP) is 3.60. The Kier molecular flexibility index (Phi) is 5.48. The van der Waals surface area contributed by atoms with Gasteiger partial charge in [0.25, 0.3) is 0 Å². The van der Waals surface area contributed by atoms with Gasteiger partial charge in [-0.1, -0.05) is 25.7 Å². The number of carbonyl (C=O) groups excluding carboxylic acids is 1. The minimum atomic E-state index is -0.342. The van der Waals surface area contributed by atoms with Crippen molar-refractivity contribution < 1.29 is 9.53 Å². The third kappa shape index (κ3) is 3.90. The zero-order valence-electron chi connectivity index (χ0n) is 13.1. The van der Waals surface area contributed by atoms with Crippen LogP contribution in [-0.2, 0) is 4.74 Å². The van der Waals surface area contributed by atoms with E-state index in [1.165, 1.54) is 38.5 Å². The number of carbonyl (C=O) groups is 1. The summed E-state index contributed by atoms with van der Waals surface area (Å²) < 4.78 is 5.07. The molecular weight excluding hydrogens is 264 g/mol.